The van der Waals surface area contributed by atoms with Crippen LogP contribution in [0, 0.1) is 11.3 Å². The quantitative estimate of drug-likeness (QED) is 0.706. The first-order valence-electron chi connectivity index (χ1n) is 7.30. The highest BCUT2D eigenvalue weighted by atomic mass is 16.5. The summed E-state index contributed by atoms with van der Waals surface area (Å²) in [6.07, 6.45) is 2.86. The van der Waals surface area contributed by atoms with Gasteiger partial charge in [0, 0.05) is 18.2 Å². The largest absolute Gasteiger partial charge is 0.493 e. The summed E-state index contributed by atoms with van der Waals surface area (Å²) in [5, 5.41) is 8.58. The maximum absolute atomic E-state index is 8.58. The predicted molar refractivity (Wildman–Crippen MR) is 86.2 cm³/mol. The lowest BCUT2D eigenvalue weighted by Gasteiger charge is -2.11. The van der Waals surface area contributed by atoms with Gasteiger partial charge in [0.2, 0.25) is 0 Å². The second kappa shape index (κ2) is 6.79. The van der Waals surface area contributed by atoms with E-state index in [0.717, 1.165) is 16.9 Å². The average Bonchev–Trinajstić information content (AvgIpc) is 3.02. The number of aromatic nitrogens is 3. The first-order valence-corrected chi connectivity index (χ1v) is 7.30. The molecule has 1 aromatic carbocycles. The molecule has 0 fully saturated rings. The number of aromatic amines is 1. The van der Waals surface area contributed by atoms with Crippen LogP contribution in [0.15, 0.2) is 36.5 Å². The molecular weight excluding hydrogens is 292 g/mol. The van der Waals surface area contributed by atoms with E-state index in [-0.39, 0.29) is 0 Å². The van der Waals surface area contributed by atoms with Crippen LogP contribution < -0.4 is 9.47 Å². The Balaban J connectivity index is 1.88. The zero-order chi connectivity index (χ0) is 16.1. The summed E-state index contributed by atoms with van der Waals surface area (Å²) in [6, 6.07) is 11.5. The van der Waals surface area contributed by atoms with Crippen LogP contribution in [-0.4, -0.2) is 28.7 Å². The van der Waals surface area contributed by atoms with Crippen molar-refractivity contribution >= 4 is 11.2 Å². The Kier molecular flexibility index (Phi) is 4.39. The third-order valence-electron chi connectivity index (χ3n) is 3.39. The third kappa shape index (κ3) is 3.24. The van der Waals surface area contributed by atoms with E-state index >= 15 is 0 Å². The Morgan fingerprint density at radius 1 is 1.26 bits per heavy atom. The van der Waals surface area contributed by atoms with Crippen molar-refractivity contribution in [1.29, 1.82) is 5.26 Å². The Morgan fingerprint density at radius 3 is 2.96 bits per heavy atom. The third-order valence-corrected chi connectivity index (χ3v) is 3.39. The first kappa shape index (κ1) is 14.9. The lowest BCUT2D eigenvalue weighted by molar-refractivity contribution is 0.291. The molecule has 0 atom stereocenters. The number of methoxy groups -OCH3 is 1. The number of benzene rings is 1. The van der Waals surface area contributed by atoms with Crippen LogP contribution in [0.5, 0.6) is 11.5 Å². The van der Waals surface area contributed by atoms with Crippen LogP contribution in [0.25, 0.3) is 22.6 Å². The molecule has 1 N–H and O–H groups in total. The number of unbranched alkanes of at least 4 members (excludes halogenated alkanes) is 1. The van der Waals surface area contributed by atoms with Crippen molar-refractivity contribution < 1.29 is 9.47 Å². The monoisotopic (exact) mass is 308 g/mol. The van der Waals surface area contributed by atoms with Gasteiger partial charge in [-0.2, -0.15) is 5.26 Å². The highest BCUT2D eigenvalue weighted by Gasteiger charge is 2.10. The number of nitrogens with one attached hydrogen (secondary N) is 1. The first-order chi connectivity index (χ1) is 11.3. The van der Waals surface area contributed by atoms with Gasteiger partial charge in [-0.1, -0.05) is 0 Å². The van der Waals surface area contributed by atoms with Crippen LogP contribution in [0.4, 0.5) is 0 Å². The average molecular weight is 308 g/mol. The molecule has 3 aromatic rings. The summed E-state index contributed by atoms with van der Waals surface area (Å²) in [5.41, 5.74) is 2.45. The van der Waals surface area contributed by atoms with Gasteiger partial charge < -0.3 is 14.5 Å². The minimum atomic E-state index is 0.467. The van der Waals surface area contributed by atoms with Gasteiger partial charge in [-0.25, -0.2) is 9.97 Å². The van der Waals surface area contributed by atoms with Gasteiger partial charge >= 0.3 is 0 Å². The van der Waals surface area contributed by atoms with E-state index in [9.17, 15) is 0 Å². The van der Waals surface area contributed by atoms with Gasteiger partial charge in [0.25, 0.3) is 0 Å². The molecule has 0 radical (unpaired) electrons. The lowest BCUT2D eigenvalue weighted by atomic mass is 10.2. The van der Waals surface area contributed by atoms with E-state index < -0.39 is 0 Å². The highest BCUT2D eigenvalue weighted by Crippen LogP contribution is 2.32. The van der Waals surface area contributed by atoms with Crippen LogP contribution >= 0.6 is 0 Å². The Hall–Kier alpha value is -3.07. The summed E-state index contributed by atoms with van der Waals surface area (Å²) in [6.45, 7) is 0.467. The predicted octanol–water partition coefficient (Wildman–Crippen LogP) is 3.32. The summed E-state index contributed by atoms with van der Waals surface area (Å²) >= 11 is 0. The molecule has 0 saturated carbocycles. The van der Waals surface area contributed by atoms with Gasteiger partial charge in [-0.05, 0) is 36.8 Å². The SMILES string of the molecule is COc1ccc(-c2nc3ncccc3[nH]2)cc1OCCCC#N. The van der Waals surface area contributed by atoms with Gasteiger partial charge in [0.15, 0.2) is 17.1 Å². The van der Waals surface area contributed by atoms with Crippen molar-refractivity contribution in [3.63, 3.8) is 0 Å². The molecule has 0 aliphatic heterocycles. The molecule has 6 nitrogen and oxygen atoms in total. The van der Waals surface area contributed by atoms with E-state index in [2.05, 4.69) is 21.0 Å². The minimum Gasteiger partial charge on any atom is -0.493 e. The van der Waals surface area contributed by atoms with Crippen molar-refractivity contribution in [3.8, 4) is 29.0 Å². The number of nitrogens with zero attached hydrogens (tertiary/aromatic N) is 3. The molecule has 0 aliphatic rings. The number of nitriles is 1. The summed E-state index contributed by atoms with van der Waals surface area (Å²) in [4.78, 5) is 11.9. The van der Waals surface area contributed by atoms with Crippen molar-refractivity contribution in [2.45, 2.75) is 12.8 Å². The standard InChI is InChI=1S/C17H16N4O2/c1-22-14-7-6-12(11-15(14)23-10-3-2-8-18)16-20-13-5-4-9-19-17(13)21-16/h4-7,9,11H,2-3,10H2,1H3,(H,19,20,21). The van der Waals surface area contributed by atoms with Crippen LogP contribution in [0.2, 0.25) is 0 Å². The van der Waals surface area contributed by atoms with Gasteiger partial charge in [0.1, 0.15) is 5.82 Å². The Labute approximate surface area is 133 Å². The normalized spacial score (nSPS) is 10.4. The van der Waals surface area contributed by atoms with Gasteiger partial charge in [-0.3, -0.25) is 0 Å². The van der Waals surface area contributed by atoms with Crippen molar-refractivity contribution in [3.05, 3.63) is 36.5 Å². The number of fused-ring (bicyclic) bond motifs is 1. The molecular formula is C17H16N4O2. The smallest absolute Gasteiger partial charge is 0.178 e. The molecule has 3 rings (SSSR count). The molecule has 0 spiro atoms. The Bertz CT molecular complexity index is 818. The summed E-state index contributed by atoms with van der Waals surface area (Å²) in [5.74, 6) is 2.01. The number of pyridine rings is 1. The van der Waals surface area contributed by atoms with Crippen molar-refractivity contribution in [1.82, 2.24) is 15.0 Å². The second-order valence-electron chi connectivity index (χ2n) is 4.94. The fraction of sp³-hybridized carbons (Fsp3) is 0.235. The summed E-state index contributed by atoms with van der Waals surface area (Å²) in [7, 11) is 1.60. The second-order valence-corrected chi connectivity index (χ2v) is 4.94. The lowest BCUT2D eigenvalue weighted by Crippen LogP contribution is -1.99. The zero-order valence-corrected chi connectivity index (χ0v) is 12.7. The molecule has 0 saturated heterocycles. The molecule has 0 aliphatic carbocycles. The number of hydrogen-bond acceptors (Lipinski definition) is 5. The number of imidazole rings is 1. The Morgan fingerprint density at radius 2 is 2.17 bits per heavy atom. The molecule has 6 heteroatoms. The molecule has 116 valence electrons. The molecule has 0 bridgehead atoms. The van der Waals surface area contributed by atoms with E-state index in [1.165, 1.54) is 0 Å². The van der Waals surface area contributed by atoms with Gasteiger partial charge in [-0.15, -0.1) is 0 Å². The topological polar surface area (TPSA) is 83.8 Å². The maximum atomic E-state index is 8.58. The fourth-order valence-electron chi connectivity index (χ4n) is 2.25. The molecule has 2 heterocycles. The van der Waals surface area contributed by atoms with Crippen LogP contribution in [0.1, 0.15) is 12.8 Å². The number of ether oxygens (including phenoxy) is 2. The zero-order valence-electron chi connectivity index (χ0n) is 12.7. The molecule has 2 aromatic heterocycles. The van der Waals surface area contributed by atoms with Crippen molar-refractivity contribution in [2.24, 2.45) is 0 Å². The van der Waals surface area contributed by atoms with E-state index in [1.54, 1.807) is 13.3 Å². The van der Waals surface area contributed by atoms with E-state index in [4.69, 9.17) is 14.7 Å². The van der Waals surface area contributed by atoms with Crippen molar-refractivity contribution in [2.75, 3.05) is 13.7 Å². The van der Waals surface area contributed by atoms with E-state index in [1.807, 2.05) is 30.3 Å². The fourth-order valence-corrected chi connectivity index (χ4v) is 2.25. The molecule has 23 heavy (non-hydrogen) atoms. The maximum Gasteiger partial charge on any atom is 0.178 e. The number of H-pyrrole nitrogens is 1. The number of rotatable bonds is 6. The van der Waals surface area contributed by atoms with Gasteiger partial charge in [0.05, 0.1) is 25.3 Å². The highest BCUT2D eigenvalue weighted by molar-refractivity contribution is 5.76. The summed E-state index contributed by atoms with van der Waals surface area (Å²) < 4.78 is 11.1. The molecule has 0 unspecified atom stereocenters. The van der Waals surface area contributed by atoms with Crippen LogP contribution in [0.3, 0.4) is 0 Å². The molecule has 0 amide bonds. The minimum absolute atomic E-state index is 0.467. The number of hydrogen-bond donors (Lipinski definition) is 1. The van der Waals surface area contributed by atoms with Crippen LogP contribution in [-0.2, 0) is 0 Å². The van der Waals surface area contributed by atoms with E-state index in [0.29, 0.717) is 36.6 Å².